The van der Waals surface area contributed by atoms with Gasteiger partial charge in [0.05, 0.1) is 17.3 Å². The Labute approximate surface area is 147 Å². The first kappa shape index (κ1) is 18.0. The lowest BCUT2D eigenvalue weighted by atomic mass is 10.0. The fourth-order valence-electron chi connectivity index (χ4n) is 2.26. The molecule has 0 radical (unpaired) electrons. The van der Waals surface area contributed by atoms with Crippen molar-refractivity contribution in [2.45, 2.75) is 23.5 Å². The topological polar surface area (TPSA) is 44.5 Å². The molecule has 0 saturated carbocycles. The molecule has 0 heterocycles. The molecule has 0 unspecified atom stereocenters. The quantitative estimate of drug-likeness (QED) is 0.434. The molecule has 0 bridgehead atoms. The molecule has 124 valence electrons. The Morgan fingerprint density at radius 3 is 2.57 bits per heavy atom. The van der Waals surface area contributed by atoms with E-state index >= 15 is 0 Å². The summed E-state index contributed by atoms with van der Waals surface area (Å²) in [5, 5.41) is 0.579. The fourth-order valence-corrected chi connectivity index (χ4v) is 3.57. The minimum absolute atomic E-state index is 0.177. The highest BCUT2D eigenvalue weighted by atomic mass is 35.5. The second-order valence-corrected chi connectivity index (χ2v) is 7.74. The Kier molecular flexibility index (Phi) is 6.22. The summed E-state index contributed by atoms with van der Waals surface area (Å²) in [4.78, 5) is 1.07. The average Bonchev–Trinajstić information content (AvgIpc) is 2.51. The molecule has 3 nitrogen and oxygen atoms in total. The van der Waals surface area contributed by atoms with Gasteiger partial charge in [-0.15, -0.1) is 11.8 Å². The molecule has 2 aromatic carbocycles. The van der Waals surface area contributed by atoms with Gasteiger partial charge >= 0.3 is 0 Å². The van der Waals surface area contributed by atoms with E-state index in [1.54, 1.807) is 18.9 Å². The predicted molar refractivity (Wildman–Crippen MR) is 98.6 cm³/mol. The maximum absolute atomic E-state index is 6.00. The molecule has 0 aromatic heterocycles. The summed E-state index contributed by atoms with van der Waals surface area (Å²) < 4.78 is 10.7. The number of hydrogen-bond acceptors (Lipinski definition) is 4. The molecular weight excluding hydrogens is 330 g/mol. The van der Waals surface area contributed by atoms with Crippen LogP contribution in [0, 0.1) is 0 Å². The van der Waals surface area contributed by atoms with E-state index in [4.69, 9.17) is 26.8 Å². The van der Waals surface area contributed by atoms with Crippen LogP contribution in [0.25, 0.3) is 0 Å². The van der Waals surface area contributed by atoms with E-state index in [2.05, 4.69) is 19.9 Å². The lowest BCUT2D eigenvalue weighted by Gasteiger charge is -2.27. The highest BCUT2D eigenvalue weighted by molar-refractivity contribution is 8.00. The number of nitrogens with two attached hydrogens (primary N) is 1. The van der Waals surface area contributed by atoms with Gasteiger partial charge in [0.2, 0.25) is 0 Å². The number of para-hydroxylation sites is 1. The molecule has 0 atom stereocenters. The third-order valence-corrected chi connectivity index (χ3v) is 4.99. The number of hydrogen-bond donors (Lipinski definition) is 1. The van der Waals surface area contributed by atoms with Crippen molar-refractivity contribution in [2.75, 3.05) is 26.1 Å². The molecule has 0 fully saturated rings. The van der Waals surface area contributed by atoms with Crippen molar-refractivity contribution >= 4 is 29.1 Å². The minimum atomic E-state index is -0.177. The number of methoxy groups -OCH3 is 1. The number of halogens is 1. The Bertz CT molecular complexity index is 661. The Balaban J connectivity index is 2.22. The van der Waals surface area contributed by atoms with E-state index in [1.165, 1.54) is 0 Å². The normalized spacial score (nSPS) is 11.5. The lowest BCUT2D eigenvalue weighted by Crippen LogP contribution is -2.15. The zero-order chi connectivity index (χ0) is 16.9. The van der Waals surface area contributed by atoms with E-state index in [0.717, 1.165) is 16.2 Å². The summed E-state index contributed by atoms with van der Waals surface area (Å²) in [7, 11) is 1.67. The van der Waals surface area contributed by atoms with Gasteiger partial charge in [-0.1, -0.05) is 29.8 Å². The van der Waals surface area contributed by atoms with Crippen LogP contribution in [0.15, 0.2) is 47.4 Å². The van der Waals surface area contributed by atoms with Crippen LogP contribution in [-0.4, -0.2) is 20.3 Å². The highest BCUT2D eigenvalue weighted by Crippen LogP contribution is 2.45. The predicted octanol–water partition coefficient (Wildman–Crippen LogP) is 4.97. The standard InChI is InChI=1S/C18H22ClNO2S/c1-18(2,23-13-8-9-15(19)16(20)12-13)14-6-4-5-7-17(14)22-11-10-21-3/h4-9,12H,10-11,20H2,1-3H3. The SMILES string of the molecule is COCCOc1ccccc1C(C)(C)Sc1ccc(Cl)c(N)c1. The molecule has 2 rings (SSSR count). The number of benzene rings is 2. The third-order valence-electron chi connectivity index (χ3n) is 3.42. The number of ether oxygens (including phenoxy) is 2. The van der Waals surface area contributed by atoms with Gasteiger partial charge in [0, 0.05) is 22.3 Å². The van der Waals surface area contributed by atoms with Crippen molar-refractivity contribution < 1.29 is 9.47 Å². The van der Waals surface area contributed by atoms with Gasteiger partial charge in [0.25, 0.3) is 0 Å². The summed E-state index contributed by atoms with van der Waals surface area (Å²) in [6.07, 6.45) is 0. The van der Waals surface area contributed by atoms with E-state index < -0.39 is 0 Å². The molecular formula is C18H22ClNO2S. The van der Waals surface area contributed by atoms with Crippen LogP contribution in [0.2, 0.25) is 5.02 Å². The summed E-state index contributed by atoms with van der Waals surface area (Å²) in [6, 6.07) is 13.8. The van der Waals surface area contributed by atoms with E-state index in [1.807, 2.05) is 36.4 Å². The summed E-state index contributed by atoms with van der Waals surface area (Å²) in [6.45, 7) is 5.43. The highest BCUT2D eigenvalue weighted by Gasteiger charge is 2.26. The molecule has 2 N–H and O–H groups in total. The maximum atomic E-state index is 6.00. The van der Waals surface area contributed by atoms with Crippen LogP contribution in [0.3, 0.4) is 0 Å². The van der Waals surface area contributed by atoms with Gasteiger partial charge in [-0.3, -0.25) is 0 Å². The van der Waals surface area contributed by atoms with Crippen LogP contribution >= 0.6 is 23.4 Å². The smallest absolute Gasteiger partial charge is 0.124 e. The van der Waals surface area contributed by atoms with Crippen molar-refractivity contribution in [2.24, 2.45) is 0 Å². The largest absolute Gasteiger partial charge is 0.491 e. The van der Waals surface area contributed by atoms with Gasteiger partial charge in [-0.2, -0.15) is 0 Å². The molecule has 0 aliphatic carbocycles. The second-order valence-electron chi connectivity index (χ2n) is 5.63. The minimum Gasteiger partial charge on any atom is -0.491 e. The molecule has 0 spiro atoms. The number of thioether (sulfide) groups is 1. The van der Waals surface area contributed by atoms with Gasteiger partial charge < -0.3 is 15.2 Å². The molecule has 0 amide bonds. The van der Waals surface area contributed by atoms with E-state index in [9.17, 15) is 0 Å². The van der Waals surface area contributed by atoms with E-state index in [-0.39, 0.29) is 4.75 Å². The van der Waals surface area contributed by atoms with Crippen molar-refractivity contribution in [3.63, 3.8) is 0 Å². The summed E-state index contributed by atoms with van der Waals surface area (Å²) >= 11 is 7.72. The third kappa shape index (κ3) is 4.80. The zero-order valence-electron chi connectivity index (χ0n) is 13.6. The molecule has 0 saturated heterocycles. The van der Waals surface area contributed by atoms with Crippen molar-refractivity contribution in [1.82, 2.24) is 0 Å². The Morgan fingerprint density at radius 1 is 1.13 bits per heavy atom. The monoisotopic (exact) mass is 351 g/mol. The maximum Gasteiger partial charge on any atom is 0.124 e. The first-order valence-electron chi connectivity index (χ1n) is 7.39. The van der Waals surface area contributed by atoms with Crippen LogP contribution in [-0.2, 0) is 9.48 Å². The fraction of sp³-hybridized carbons (Fsp3) is 0.333. The van der Waals surface area contributed by atoms with Crippen molar-refractivity contribution in [3.8, 4) is 5.75 Å². The summed E-state index contributed by atoms with van der Waals surface area (Å²) in [5.41, 5.74) is 7.63. The average molecular weight is 352 g/mol. The Hall–Kier alpha value is -1.36. The van der Waals surface area contributed by atoms with Gasteiger partial charge in [-0.25, -0.2) is 0 Å². The van der Waals surface area contributed by atoms with Crippen LogP contribution in [0.5, 0.6) is 5.75 Å². The van der Waals surface area contributed by atoms with Crippen LogP contribution < -0.4 is 10.5 Å². The van der Waals surface area contributed by atoms with Crippen molar-refractivity contribution in [1.29, 1.82) is 0 Å². The molecule has 2 aromatic rings. The van der Waals surface area contributed by atoms with Crippen LogP contribution in [0.1, 0.15) is 19.4 Å². The van der Waals surface area contributed by atoms with Crippen molar-refractivity contribution in [3.05, 3.63) is 53.1 Å². The van der Waals surface area contributed by atoms with Crippen LogP contribution in [0.4, 0.5) is 5.69 Å². The molecule has 0 aliphatic rings. The zero-order valence-corrected chi connectivity index (χ0v) is 15.2. The number of anilines is 1. The molecule has 5 heteroatoms. The van der Waals surface area contributed by atoms with Gasteiger partial charge in [0.15, 0.2) is 0 Å². The Morgan fingerprint density at radius 2 is 1.87 bits per heavy atom. The van der Waals surface area contributed by atoms with Gasteiger partial charge in [-0.05, 0) is 38.1 Å². The second kappa shape index (κ2) is 7.95. The molecule has 23 heavy (non-hydrogen) atoms. The molecule has 0 aliphatic heterocycles. The first-order chi connectivity index (χ1) is 10.9. The van der Waals surface area contributed by atoms with Gasteiger partial charge in [0.1, 0.15) is 12.4 Å². The van der Waals surface area contributed by atoms with E-state index in [0.29, 0.717) is 23.9 Å². The number of nitrogen functional groups attached to an aromatic ring is 1. The lowest BCUT2D eigenvalue weighted by molar-refractivity contribution is 0.145. The first-order valence-corrected chi connectivity index (χ1v) is 8.59. The summed E-state index contributed by atoms with van der Waals surface area (Å²) in [5.74, 6) is 0.879. The number of rotatable bonds is 7.